The van der Waals surface area contributed by atoms with Gasteiger partial charge in [0.05, 0.1) is 29.8 Å². The minimum Gasteiger partial charge on any atom is -0.394 e. The fraction of sp³-hybridized carbons (Fsp3) is 0.385. The molecule has 14 heteroatoms. The first-order valence-corrected chi connectivity index (χ1v) is 7.47. The third-order valence-corrected chi connectivity index (χ3v) is 3.91. The number of hydrogen-bond donors (Lipinski definition) is 10. The molecule has 27 heavy (non-hydrogen) atoms. The molecule has 0 saturated heterocycles. The topological polar surface area (TPSA) is 264 Å². The smallest absolute Gasteiger partial charge is 0.327 e. The first kappa shape index (κ1) is 20.1. The molecule has 0 fully saturated rings. The van der Waals surface area contributed by atoms with Gasteiger partial charge in [-0.25, -0.2) is 9.59 Å². The van der Waals surface area contributed by atoms with Crippen LogP contribution in [0.2, 0.25) is 0 Å². The standard InChI is InChI=1S/C13H18N6O8/c14-8-4(10(24)18-12(26)16-8)3(7(23)6(22)2(21)1-20)5-9(15)17-13(27)19-11(5)25/h2-3,6-7,20-23H,1H2,(H4,14,16,18,24,26)(H4,15,17,19,25,27). The number of aliphatic hydroxyl groups is 4. The molecule has 0 radical (unpaired) electrons. The van der Waals surface area contributed by atoms with Crippen molar-refractivity contribution in [1.82, 2.24) is 19.9 Å². The quantitative estimate of drug-likeness (QED) is 0.225. The van der Waals surface area contributed by atoms with E-state index in [1.165, 1.54) is 0 Å². The number of aliphatic hydroxyl groups excluding tert-OH is 4. The SMILES string of the molecule is Nc1[nH]c(=O)[nH]c(=O)c1C(c1c(N)[nH]c(=O)[nH]c1=O)C(O)C(O)C(O)CO. The van der Waals surface area contributed by atoms with Gasteiger partial charge in [0.2, 0.25) is 0 Å². The summed E-state index contributed by atoms with van der Waals surface area (Å²) in [6.07, 6.45) is -6.01. The summed E-state index contributed by atoms with van der Waals surface area (Å²) < 4.78 is 0. The van der Waals surface area contributed by atoms with Crippen LogP contribution in [-0.2, 0) is 0 Å². The summed E-state index contributed by atoms with van der Waals surface area (Å²) in [5.41, 5.74) is 5.96. The monoisotopic (exact) mass is 386 g/mol. The second-order valence-corrected chi connectivity index (χ2v) is 5.68. The predicted molar refractivity (Wildman–Crippen MR) is 91.1 cm³/mol. The Kier molecular flexibility index (Phi) is 5.65. The molecular weight excluding hydrogens is 368 g/mol. The predicted octanol–water partition coefficient (Wildman–Crippen LogP) is -5.19. The van der Waals surface area contributed by atoms with E-state index >= 15 is 0 Å². The van der Waals surface area contributed by atoms with E-state index < -0.39 is 76.1 Å². The lowest BCUT2D eigenvalue weighted by Gasteiger charge is -2.29. The molecule has 3 unspecified atom stereocenters. The van der Waals surface area contributed by atoms with Crippen molar-refractivity contribution in [2.45, 2.75) is 24.2 Å². The number of H-pyrrole nitrogens is 4. The number of nitrogens with one attached hydrogen (secondary N) is 4. The molecular formula is C13H18N6O8. The van der Waals surface area contributed by atoms with Crippen LogP contribution in [0, 0.1) is 0 Å². The lowest BCUT2D eigenvalue weighted by atomic mass is 9.84. The van der Waals surface area contributed by atoms with Gasteiger partial charge in [0.15, 0.2) is 0 Å². The minimum atomic E-state index is -2.10. The summed E-state index contributed by atoms with van der Waals surface area (Å²) in [5, 5.41) is 39.1. The zero-order chi connectivity index (χ0) is 20.5. The number of hydrogen-bond acceptors (Lipinski definition) is 10. The van der Waals surface area contributed by atoms with Crippen molar-refractivity contribution in [3.63, 3.8) is 0 Å². The first-order valence-electron chi connectivity index (χ1n) is 7.47. The molecule has 0 amide bonds. The number of nitrogen functional groups attached to an aromatic ring is 2. The second kappa shape index (κ2) is 7.58. The normalized spacial score (nSPS) is 14.9. The van der Waals surface area contributed by atoms with Gasteiger partial charge in [-0.15, -0.1) is 0 Å². The van der Waals surface area contributed by atoms with Crippen molar-refractivity contribution < 1.29 is 20.4 Å². The Hall–Kier alpha value is -3.20. The largest absolute Gasteiger partial charge is 0.394 e. The van der Waals surface area contributed by atoms with E-state index in [-0.39, 0.29) is 0 Å². The Balaban J connectivity index is 2.83. The molecule has 0 saturated carbocycles. The van der Waals surface area contributed by atoms with Crippen molar-refractivity contribution in [3.8, 4) is 0 Å². The summed E-state index contributed by atoms with van der Waals surface area (Å²) in [6.45, 7) is -0.958. The number of anilines is 2. The van der Waals surface area contributed by atoms with Gasteiger partial charge in [0.25, 0.3) is 11.1 Å². The highest BCUT2D eigenvalue weighted by Gasteiger charge is 2.38. The van der Waals surface area contributed by atoms with Crippen LogP contribution < -0.4 is 34.0 Å². The molecule has 0 aromatic carbocycles. The zero-order valence-corrected chi connectivity index (χ0v) is 13.6. The Bertz CT molecular complexity index is 979. The number of aromatic nitrogens is 4. The van der Waals surface area contributed by atoms with Gasteiger partial charge < -0.3 is 31.9 Å². The Morgan fingerprint density at radius 1 is 0.741 bits per heavy atom. The average Bonchev–Trinajstić information content (AvgIpc) is 2.56. The summed E-state index contributed by atoms with van der Waals surface area (Å²) in [4.78, 5) is 55.0. The number of rotatable bonds is 6. The number of nitrogens with two attached hydrogens (primary N) is 2. The Morgan fingerprint density at radius 2 is 1.15 bits per heavy atom. The van der Waals surface area contributed by atoms with E-state index in [1.807, 2.05) is 9.97 Å². The van der Waals surface area contributed by atoms with Crippen LogP contribution in [0.1, 0.15) is 17.0 Å². The lowest BCUT2D eigenvalue weighted by Crippen LogP contribution is -2.46. The van der Waals surface area contributed by atoms with Gasteiger partial charge in [-0.3, -0.25) is 29.5 Å². The van der Waals surface area contributed by atoms with Crippen LogP contribution in [0.25, 0.3) is 0 Å². The van der Waals surface area contributed by atoms with Gasteiger partial charge in [-0.05, 0) is 0 Å². The molecule has 2 aromatic rings. The van der Waals surface area contributed by atoms with Crippen molar-refractivity contribution in [3.05, 3.63) is 52.8 Å². The van der Waals surface area contributed by atoms with Crippen molar-refractivity contribution in [1.29, 1.82) is 0 Å². The maximum atomic E-state index is 12.2. The maximum absolute atomic E-state index is 12.2. The van der Waals surface area contributed by atoms with Gasteiger partial charge >= 0.3 is 11.4 Å². The molecule has 0 bridgehead atoms. The third-order valence-electron chi connectivity index (χ3n) is 3.91. The molecule has 148 valence electrons. The summed E-state index contributed by atoms with van der Waals surface area (Å²) in [5.74, 6) is -2.89. The Morgan fingerprint density at radius 3 is 1.48 bits per heavy atom. The highest BCUT2D eigenvalue weighted by Crippen LogP contribution is 2.30. The van der Waals surface area contributed by atoms with Crippen molar-refractivity contribution >= 4 is 11.6 Å². The molecule has 2 rings (SSSR count). The van der Waals surface area contributed by atoms with Crippen LogP contribution >= 0.6 is 0 Å². The Labute approximate surface area is 148 Å². The summed E-state index contributed by atoms with van der Waals surface area (Å²) in [7, 11) is 0. The van der Waals surface area contributed by atoms with E-state index in [0.717, 1.165) is 0 Å². The van der Waals surface area contributed by atoms with E-state index in [9.17, 15) is 34.5 Å². The van der Waals surface area contributed by atoms with E-state index in [1.54, 1.807) is 0 Å². The minimum absolute atomic E-state index is 0.552. The molecule has 14 nitrogen and oxygen atoms in total. The van der Waals surface area contributed by atoms with Crippen LogP contribution in [0.15, 0.2) is 19.2 Å². The van der Waals surface area contributed by atoms with Crippen molar-refractivity contribution in [2.75, 3.05) is 18.1 Å². The van der Waals surface area contributed by atoms with Crippen LogP contribution in [-0.4, -0.2) is 65.3 Å². The molecule has 0 spiro atoms. The molecule has 3 atom stereocenters. The molecule has 0 aliphatic rings. The fourth-order valence-electron chi connectivity index (χ4n) is 2.66. The second-order valence-electron chi connectivity index (χ2n) is 5.68. The maximum Gasteiger partial charge on any atom is 0.327 e. The van der Waals surface area contributed by atoms with Gasteiger partial charge in [-0.2, -0.15) is 0 Å². The fourth-order valence-corrected chi connectivity index (χ4v) is 2.66. The van der Waals surface area contributed by atoms with Crippen LogP contribution in [0.4, 0.5) is 11.6 Å². The van der Waals surface area contributed by atoms with E-state index in [4.69, 9.17) is 16.6 Å². The average molecular weight is 386 g/mol. The summed E-state index contributed by atoms with van der Waals surface area (Å²) >= 11 is 0. The molecule has 2 aromatic heterocycles. The molecule has 0 aliphatic carbocycles. The molecule has 0 aliphatic heterocycles. The first-order chi connectivity index (χ1) is 12.6. The van der Waals surface area contributed by atoms with Gasteiger partial charge in [-0.1, -0.05) is 0 Å². The van der Waals surface area contributed by atoms with Gasteiger partial charge in [0.1, 0.15) is 23.8 Å². The van der Waals surface area contributed by atoms with Crippen LogP contribution in [0.3, 0.4) is 0 Å². The highest BCUT2D eigenvalue weighted by atomic mass is 16.4. The molecule has 2 heterocycles. The lowest BCUT2D eigenvalue weighted by molar-refractivity contribution is -0.0807. The van der Waals surface area contributed by atoms with Crippen molar-refractivity contribution in [2.24, 2.45) is 0 Å². The zero-order valence-electron chi connectivity index (χ0n) is 13.6. The van der Waals surface area contributed by atoms with E-state index in [0.29, 0.717) is 0 Å². The van der Waals surface area contributed by atoms with Gasteiger partial charge in [0, 0.05) is 0 Å². The third kappa shape index (κ3) is 3.82. The molecule has 12 N–H and O–H groups in total. The van der Waals surface area contributed by atoms with E-state index in [2.05, 4.69) is 9.97 Å². The van der Waals surface area contributed by atoms with Crippen LogP contribution in [0.5, 0.6) is 0 Å². The highest BCUT2D eigenvalue weighted by molar-refractivity contribution is 5.51. The summed E-state index contributed by atoms with van der Waals surface area (Å²) in [6, 6.07) is 0. The number of aromatic amines is 4.